The van der Waals surface area contributed by atoms with E-state index in [1.54, 1.807) is 13.0 Å². The minimum absolute atomic E-state index is 0.202. The van der Waals surface area contributed by atoms with Gasteiger partial charge in [-0.2, -0.15) is 0 Å². The standard InChI is InChI=1S/C9H12O/c1-3-4-5-6-7-8-9(2)10/h3H,1,4,7-8H2,2H3. The Labute approximate surface area is 62.1 Å². The molecule has 0 bridgehead atoms. The van der Waals surface area contributed by atoms with Crippen LogP contribution in [0.4, 0.5) is 0 Å². The van der Waals surface area contributed by atoms with Gasteiger partial charge in [-0.3, -0.25) is 4.79 Å². The van der Waals surface area contributed by atoms with Crippen molar-refractivity contribution in [1.29, 1.82) is 0 Å². The predicted octanol–water partition coefficient (Wildman–Crippen LogP) is 1.94. The number of rotatable bonds is 3. The normalized spacial score (nSPS) is 7.70. The van der Waals surface area contributed by atoms with Crippen LogP contribution in [-0.2, 0) is 4.79 Å². The zero-order chi connectivity index (χ0) is 7.82. The molecule has 0 rings (SSSR count). The molecule has 0 aromatic heterocycles. The van der Waals surface area contributed by atoms with Gasteiger partial charge < -0.3 is 0 Å². The van der Waals surface area contributed by atoms with E-state index in [0.29, 0.717) is 12.8 Å². The second-order valence-electron chi connectivity index (χ2n) is 2.05. The van der Waals surface area contributed by atoms with Crippen LogP contribution in [-0.4, -0.2) is 5.78 Å². The average molecular weight is 136 g/mol. The lowest BCUT2D eigenvalue weighted by Crippen LogP contribution is -1.86. The van der Waals surface area contributed by atoms with Crippen molar-refractivity contribution in [2.45, 2.75) is 26.2 Å². The lowest BCUT2D eigenvalue weighted by atomic mass is 10.2. The van der Waals surface area contributed by atoms with Gasteiger partial charge in [0.1, 0.15) is 5.78 Å². The fourth-order valence-electron chi connectivity index (χ4n) is 0.471. The largest absolute Gasteiger partial charge is 0.300 e. The first-order valence-electron chi connectivity index (χ1n) is 3.33. The first-order chi connectivity index (χ1) is 4.77. The van der Waals surface area contributed by atoms with Gasteiger partial charge in [-0.1, -0.05) is 12.0 Å². The average Bonchev–Trinajstić information content (AvgIpc) is 1.87. The van der Waals surface area contributed by atoms with Gasteiger partial charge in [-0.25, -0.2) is 0 Å². The first-order valence-corrected chi connectivity index (χ1v) is 3.33. The Morgan fingerprint density at radius 2 is 2.30 bits per heavy atom. The summed E-state index contributed by atoms with van der Waals surface area (Å²) >= 11 is 0. The fourth-order valence-corrected chi connectivity index (χ4v) is 0.471. The first kappa shape index (κ1) is 8.97. The maximum absolute atomic E-state index is 10.4. The van der Waals surface area contributed by atoms with Crippen molar-refractivity contribution < 1.29 is 4.79 Å². The number of allylic oxidation sites excluding steroid dienone is 1. The smallest absolute Gasteiger partial charge is 0.130 e. The van der Waals surface area contributed by atoms with Crippen LogP contribution in [0.1, 0.15) is 26.2 Å². The third-order valence-electron chi connectivity index (χ3n) is 0.973. The second kappa shape index (κ2) is 6.10. The van der Waals surface area contributed by atoms with E-state index < -0.39 is 0 Å². The highest BCUT2D eigenvalue weighted by Crippen LogP contribution is 1.87. The molecule has 1 heteroatoms. The molecule has 0 fully saturated rings. The third-order valence-corrected chi connectivity index (χ3v) is 0.973. The van der Waals surface area contributed by atoms with Crippen LogP contribution in [0, 0.1) is 11.8 Å². The fraction of sp³-hybridized carbons (Fsp3) is 0.444. The van der Waals surface area contributed by atoms with Crippen molar-refractivity contribution in [3.05, 3.63) is 12.7 Å². The summed E-state index contributed by atoms with van der Waals surface area (Å²) in [7, 11) is 0. The number of Topliss-reactive ketones (excluding diaryl/α,β-unsaturated/α-hetero) is 1. The summed E-state index contributed by atoms with van der Waals surface area (Å²) < 4.78 is 0. The van der Waals surface area contributed by atoms with Crippen molar-refractivity contribution in [2.75, 3.05) is 0 Å². The van der Waals surface area contributed by atoms with Gasteiger partial charge in [0.25, 0.3) is 0 Å². The quantitative estimate of drug-likeness (QED) is 0.428. The molecule has 54 valence electrons. The molecule has 1 nitrogen and oxygen atoms in total. The zero-order valence-electron chi connectivity index (χ0n) is 6.31. The van der Waals surface area contributed by atoms with E-state index in [2.05, 4.69) is 18.4 Å². The van der Waals surface area contributed by atoms with E-state index in [0.717, 1.165) is 6.42 Å². The van der Waals surface area contributed by atoms with Crippen LogP contribution in [0.3, 0.4) is 0 Å². The molecule has 0 radical (unpaired) electrons. The van der Waals surface area contributed by atoms with Crippen LogP contribution in [0.25, 0.3) is 0 Å². The highest BCUT2D eigenvalue weighted by Gasteiger charge is 1.86. The number of hydrogen-bond acceptors (Lipinski definition) is 1. The van der Waals surface area contributed by atoms with Crippen molar-refractivity contribution in [2.24, 2.45) is 0 Å². The highest BCUT2D eigenvalue weighted by atomic mass is 16.1. The molecule has 0 atom stereocenters. The van der Waals surface area contributed by atoms with Crippen LogP contribution in [0.5, 0.6) is 0 Å². The Morgan fingerprint density at radius 1 is 1.60 bits per heavy atom. The molecule has 0 aliphatic heterocycles. The summed E-state index contributed by atoms with van der Waals surface area (Å²) in [5, 5.41) is 0. The van der Waals surface area contributed by atoms with Crippen LogP contribution < -0.4 is 0 Å². The predicted molar refractivity (Wildman–Crippen MR) is 42.5 cm³/mol. The summed E-state index contributed by atoms with van der Waals surface area (Å²) in [4.78, 5) is 10.4. The van der Waals surface area contributed by atoms with E-state index >= 15 is 0 Å². The molecule has 0 spiro atoms. The molecule has 0 unspecified atom stereocenters. The Balaban J connectivity index is 3.28. The van der Waals surface area contributed by atoms with Crippen molar-refractivity contribution in [1.82, 2.24) is 0 Å². The summed E-state index contributed by atoms with van der Waals surface area (Å²) in [5.41, 5.74) is 0. The van der Waals surface area contributed by atoms with Crippen LogP contribution in [0.2, 0.25) is 0 Å². The summed E-state index contributed by atoms with van der Waals surface area (Å²) in [6.45, 7) is 5.10. The molecule has 0 saturated carbocycles. The molecule has 0 aromatic rings. The van der Waals surface area contributed by atoms with E-state index in [1.807, 2.05) is 0 Å². The van der Waals surface area contributed by atoms with Gasteiger partial charge >= 0.3 is 0 Å². The maximum Gasteiger partial charge on any atom is 0.130 e. The molecule has 0 aliphatic carbocycles. The van der Waals surface area contributed by atoms with Crippen molar-refractivity contribution in [3.63, 3.8) is 0 Å². The molecule has 0 saturated heterocycles. The maximum atomic E-state index is 10.4. The summed E-state index contributed by atoms with van der Waals surface area (Å²) in [6, 6.07) is 0. The van der Waals surface area contributed by atoms with E-state index in [4.69, 9.17) is 0 Å². The number of carbonyl (C=O) groups is 1. The zero-order valence-corrected chi connectivity index (χ0v) is 6.31. The van der Waals surface area contributed by atoms with Gasteiger partial charge in [-0.05, 0) is 6.92 Å². The van der Waals surface area contributed by atoms with Gasteiger partial charge in [0.05, 0.1) is 0 Å². The number of carbonyl (C=O) groups excluding carboxylic acids is 1. The highest BCUT2D eigenvalue weighted by molar-refractivity contribution is 5.75. The Morgan fingerprint density at radius 3 is 2.80 bits per heavy atom. The molecule has 10 heavy (non-hydrogen) atoms. The van der Waals surface area contributed by atoms with Crippen LogP contribution in [0.15, 0.2) is 12.7 Å². The Bertz CT molecular complexity index is 169. The minimum atomic E-state index is 0.202. The third kappa shape index (κ3) is 6.97. The Hall–Kier alpha value is -1.03. The SMILES string of the molecule is C=CCC#CCCC(C)=O. The van der Waals surface area contributed by atoms with Crippen molar-refractivity contribution in [3.8, 4) is 11.8 Å². The summed E-state index contributed by atoms with van der Waals surface area (Å²) in [5.74, 6) is 5.95. The van der Waals surface area contributed by atoms with Crippen molar-refractivity contribution >= 4 is 5.78 Å². The molecule has 0 amide bonds. The molecule has 0 aromatic carbocycles. The van der Waals surface area contributed by atoms with Gasteiger partial charge in [0.2, 0.25) is 0 Å². The molecular formula is C9H12O. The number of ketones is 1. The summed E-state index contributed by atoms with van der Waals surface area (Å²) in [6.07, 6.45) is 3.73. The number of hydrogen-bond donors (Lipinski definition) is 0. The van der Waals surface area contributed by atoms with E-state index in [-0.39, 0.29) is 5.78 Å². The van der Waals surface area contributed by atoms with E-state index in [9.17, 15) is 4.79 Å². The lowest BCUT2D eigenvalue weighted by Gasteiger charge is -1.82. The molecule has 0 N–H and O–H groups in total. The monoisotopic (exact) mass is 136 g/mol. The Kier molecular flexibility index (Phi) is 5.47. The molecule has 0 heterocycles. The van der Waals surface area contributed by atoms with Gasteiger partial charge in [-0.15, -0.1) is 12.5 Å². The molecular weight excluding hydrogens is 124 g/mol. The second-order valence-corrected chi connectivity index (χ2v) is 2.05. The van der Waals surface area contributed by atoms with Gasteiger partial charge in [0.15, 0.2) is 0 Å². The van der Waals surface area contributed by atoms with Gasteiger partial charge in [0, 0.05) is 19.3 Å². The lowest BCUT2D eigenvalue weighted by molar-refractivity contribution is -0.116. The van der Waals surface area contributed by atoms with E-state index in [1.165, 1.54) is 0 Å². The topological polar surface area (TPSA) is 17.1 Å². The van der Waals surface area contributed by atoms with Crippen LogP contribution >= 0.6 is 0 Å². The minimum Gasteiger partial charge on any atom is -0.300 e. The molecule has 0 aliphatic rings.